The van der Waals surface area contributed by atoms with Crippen LogP contribution in [0.2, 0.25) is 0 Å². The van der Waals surface area contributed by atoms with E-state index in [4.69, 9.17) is 0 Å². The monoisotopic (exact) mass is 169 g/mol. The van der Waals surface area contributed by atoms with E-state index in [1.807, 2.05) is 0 Å². The predicted molar refractivity (Wildman–Crippen MR) is 26.0 cm³/mol. The average molecular weight is 169 g/mol. The van der Waals surface area contributed by atoms with E-state index in [1.165, 1.54) is 0 Å². The van der Waals surface area contributed by atoms with Gasteiger partial charge in [-0.15, -0.1) is 5.10 Å². The highest BCUT2D eigenvalue weighted by Gasteiger charge is 2.36. The average Bonchev–Trinajstić information content (AvgIpc) is 2.11. The van der Waals surface area contributed by atoms with Gasteiger partial charge in [-0.25, -0.2) is 4.68 Å². The smallest absolute Gasteiger partial charge is 0.224 e. The van der Waals surface area contributed by atoms with Crippen LogP contribution in [-0.4, -0.2) is 14.8 Å². The largest absolute Gasteiger partial charge is 0.453 e. The molecule has 62 valence electrons. The van der Waals surface area contributed by atoms with Crippen LogP contribution in [0.4, 0.5) is 17.6 Å². The van der Waals surface area contributed by atoms with Gasteiger partial charge in [0.2, 0.25) is 0 Å². The lowest BCUT2D eigenvalue weighted by atomic mass is 10.6. The lowest BCUT2D eigenvalue weighted by Crippen LogP contribution is -2.08. The molecule has 0 unspecified atom stereocenters. The maximum Gasteiger partial charge on any atom is 0.453 e. The quantitative estimate of drug-likeness (QED) is 0.542. The molecule has 1 heterocycles. The number of aromatic nitrogens is 3. The van der Waals surface area contributed by atoms with Crippen LogP contribution < -0.4 is 0 Å². The van der Waals surface area contributed by atoms with Crippen molar-refractivity contribution in [1.82, 2.24) is 14.8 Å². The first-order chi connectivity index (χ1) is 4.91. The molecule has 0 aliphatic heterocycles. The van der Waals surface area contributed by atoms with Gasteiger partial charge in [-0.3, -0.25) is 0 Å². The van der Waals surface area contributed by atoms with Gasteiger partial charge in [-0.1, -0.05) is 0 Å². The molecule has 11 heavy (non-hydrogen) atoms. The lowest BCUT2D eigenvalue weighted by molar-refractivity contribution is -0.145. The molecule has 0 N–H and O–H groups in total. The summed E-state index contributed by atoms with van der Waals surface area (Å²) in [5.74, 6) is -1.46. The van der Waals surface area contributed by atoms with Crippen LogP contribution in [0, 0.1) is 6.08 Å². The summed E-state index contributed by atoms with van der Waals surface area (Å²) < 4.78 is 47.6. The molecule has 7 heteroatoms. The Bertz CT molecular complexity index is 243. The minimum Gasteiger partial charge on any atom is -0.224 e. The molecule has 0 saturated carbocycles. The second kappa shape index (κ2) is 2.18. The van der Waals surface area contributed by atoms with Crippen LogP contribution in [0.25, 0.3) is 0 Å². The number of rotatable bonds is 0. The van der Waals surface area contributed by atoms with E-state index in [2.05, 4.69) is 10.1 Å². The zero-order valence-corrected chi connectivity index (χ0v) is 5.35. The summed E-state index contributed by atoms with van der Waals surface area (Å²) in [6.45, 7) is 0. The molecule has 1 rings (SSSR count). The van der Waals surface area contributed by atoms with Crippen LogP contribution in [0.15, 0.2) is 0 Å². The van der Waals surface area contributed by atoms with E-state index in [0.29, 0.717) is 4.68 Å². The summed E-state index contributed by atoms with van der Waals surface area (Å²) in [4.78, 5) is 2.54. The van der Waals surface area contributed by atoms with Crippen molar-refractivity contribution in [2.45, 2.75) is 6.18 Å². The number of hydrogen-bond acceptors (Lipinski definition) is 2. The van der Waals surface area contributed by atoms with Gasteiger partial charge in [-0.2, -0.15) is 22.5 Å². The van der Waals surface area contributed by atoms with Crippen LogP contribution in [-0.2, 0) is 13.2 Å². The fourth-order valence-corrected chi connectivity index (χ4v) is 0.486. The summed E-state index contributed by atoms with van der Waals surface area (Å²) in [5.41, 5.74) is 0. The molecular weight excluding hydrogens is 166 g/mol. The van der Waals surface area contributed by atoms with Gasteiger partial charge in [0.05, 0.1) is 0 Å². The number of nitrogens with zero attached hydrogens (tertiary/aromatic N) is 3. The maximum atomic E-state index is 12.2. The van der Waals surface area contributed by atoms with Crippen molar-refractivity contribution in [3.8, 4) is 0 Å². The first kappa shape index (κ1) is 7.96. The highest BCUT2D eigenvalue weighted by molar-refractivity contribution is 4.87. The summed E-state index contributed by atoms with van der Waals surface area (Å²) in [6.07, 6.45) is -5.93. The topological polar surface area (TPSA) is 30.7 Å². The lowest BCUT2D eigenvalue weighted by Gasteiger charge is -1.96. The molecule has 1 aromatic rings. The molecule has 0 aromatic carbocycles. The van der Waals surface area contributed by atoms with Gasteiger partial charge >= 0.3 is 12.3 Å². The summed E-state index contributed by atoms with van der Waals surface area (Å²) in [7, 11) is 1.04. The van der Waals surface area contributed by atoms with Crippen LogP contribution in [0.1, 0.15) is 5.82 Å². The molecule has 0 aliphatic carbocycles. The first-order valence-corrected chi connectivity index (χ1v) is 2.55. The standard InChI is InChI=1S/C4H3F4N3/c1-11-3(5)9-2(10-11)4(6,7)8/h1H3. The number of hydrogen-bond donors (Lipinski definition) is 0. The van der Waals surface area contributed by atoms with E-state index in [1.54, 1.807) is 0 Å². The number of aryl methyl sites for hydroxylation is 1. The predicted octanol–water partition coefficient (Wildman–Crippen LogP) is 0.973. The second-order valence-corrected chi connectivity index (χ2v) is 1.83. The van der Waals surface area contributed by atoms with Crippen LogP contribution >= 0.6 is 0 Å². The molecule has 0 amide bonds. The first-order valence-electron chi connectivity index (χ1n) is 2.55. The summed E-state index contributed by atoms with van der Waals surface area (Å²) in [6, 6.07) is 0. The molecule has 0 spiro atoms. The van der Waals surface area contributed by atoms with E-state index in [-0.39, 0.29) is 0 Å². The summed E-state index contributed by atoms with van der Waals surface area (Å²) >= 11 is 0. The zero-order chi connectivity index (χ0) is 8.65. The van der Waals surface area contributed by atoms with Gasteiger partial charge in [0.1, 0.15) is 0 Å². The summed E-state index contributed by atoms with van der Waals surface area (Å²) in [5, 5.41) is 2.79. The highest BCUT2D eigenvalue weighted by atomic mass is 19.4. The SMILES string of the molecule is Cn1nc(C(F)(F)F)nc1F. The Hall–Kier alpha value is -1.14. The van der Waals surface area contributed by atoms with Crippen LogP contribution in [0.5, 0.6) is 0 Å². The molecule has 0 atom stereocenters. The zero-order valence-electron chi connectivity index (χ0n) is 5.35. The van der Waals surface area contributed by atoms with Crippen molar-refractivity contribution in [1.29, 1.82) is 0 Å². The fourth-order valence-electron chi connectivity index (χ4n) is 0.486. The number of halogens is 4. The van der Waals surface area contributed by atoms with E-state index >= 15 is 0 Å². The van der Waals surface area contributed by atoms with Crippen molar-refractivity contribution in [3.63, 3.8) is 0 Å². The van der Waals surface area contributed by atoms with Crippen molar-refractivity contribution < 1.29 is 17.6 Å². The molecule has 0 saturated heterocycles. The molecular formula is C4H3F4N3. The van der Waals surface area contributed by atoms with Gasteiger partial charge in [-0.05, 0) is 0 Å². The molecule has 0 fully saturated rings. The molecule has 1 aromatic heterocycles. The van der Waals surface area contributed by atoms with Crippen molar-refractivity contribution in [3.05, 3.63) is 11.9 Å². The molecule has 0 radical (unpaired) electrons. The second-order valence-electron chi connectivity index (χ2n) is 1.83. The normalized spacial score (nSPS) is 12.1. The number of alkyl halides is 3. The molecule has 0 bridgehead atoms. The minimum atomic E-state index is -4.68. The van der Waals surface area contributed by atoms with Crippen molar-refractivity contribution in [2.75, 3.05) is 0 Å². The van der Waals surface area contributed by atoms with Gasteiger partial charge in [0.25, 0.3) is 5.82 Å². The Labute approximate surface area is 58.7 Å². The third-order valence-corrected chi connectivity index (χ3v) is 0.963. The maximum absolute atomic E-state index is 12.2. The molecule has 3 nitrogen and oxygen atoms in total. The fraction of sp³-hybridized carbons (Fsp3) is 0.500. The minimum absolute atomic E-state index is 0.419. The Balaban J connectivity index is 3.08. The Morgan fingerprint density at radius 1 is 1.36 bits per heavy atom. The molecule has 0 aliphatic rings. The van der Waals surface area contributed by atoms with Gasteiger partial charge in [0.15, 0.2) is 0 Å². The third kappa shape index (κ3) is 1.47. The Morgan fingerprint density at radius 2 is 1.91 bits per heavy atom. The van der Waals surface area contributed by atoms with E-state index in [0.717, 1.165) is 7.05 Å². The Kier molecular flexibility index (Phi) is 1.57. The van der Waals surface area contributed by atoms with E-state index in [9.17, 15) is 17.6 Å². The highest BCUT2D eigenvalue weighted by Crippen LogP contribution is 2.25. The third-order valence-electron chi connectivity index (χ3n) is 0.963. The van der Waals surface area contributed by atoms with Gasteiger partial charge < -0.3 is 0 Å². The van der Waals surface area contributed by atoms with Crippen molar-refractivity contribution in [2.24, 2.45) is 7.05 Å². The van der Waals surface area contributed by atoms with E-state index < -0.39 is 18.1 Å². The van der Waals surface area contributed by atoms with Crippen molar-refractivity contribution >= 4 is 0 Å². The van der Waals surface area contributed by atoms with Gasteiger partial charge in [0, 0.05) is 7.05 Å². The van der Waals surface area contributed by atoms with Crippen LogP contribution in [0.3, 0.4) is 0 Å². The Morgan fingerprint density at radius 3 is 2.09 bits per heavy atom.